The number of fused-ring (bicyclic) bond motifs is 1. The van der Waals surface area contributed by atoms with Gasteiger partial charge in [-0.3, -0.25) is 0 Å². The second kappa shape index (κ2) is 2.23. The number of allylic oxidation sites excluding steroid dienone is 3. The number of hydrogen-bond donors (Lipinski definition) is 1. The Hall–Kier alpha value is -1.58. The molecule has 2 aliphatic heterocycles. The lowest BCUT2D eigenvalue weighted by molar-refractivity contribution is 0.520. The zero-order chi connectivity index (χ0) is 7.68. The molecule has 0 spiro atoms. The maximum Gasteiger partial charge on any atom is 0.179 e. The van der Waals surface area contributed by atoms with Gasteiger partial charge in [0.25, 0.3) is 0 Å². The Morgan fingerprint density at radius 3 is 3.27 bits per heavy atom. The Kier molecular flexibility index (Phi) is 1.25. The zero-order valence-corrected chi connectivity index (χ0v) is 5.94. The average Bonchev–Trinajstić information content (AvgIpc) is 2.40. The smallest absolute Gasteiger partial charge is 0.179 e. The van der Waals surface area contributed by atoms with E-state index in [0.29, 0.717) is 12.4 Å². The summed E-state index contributed by atoms with van der Waals surface area (Å²) in [6.07, 6.45) is 7.52. The van der Waals surface area contributed by atoms with Crippen LogP contribution in [-0.2, 0) is 0 Å². The second-order valence-corrected chi connectivity index (χ2v) is 2.33. The van der Waals surface area contributed by atoms with E-state index in [1.807, 2.05) is 29.3 Å². The molecule has 2 heterocycles. The van der Waals surface area contributed by atoms with Crippen LogP contribution in [0.25, 0.3) is 0 Å². The normalized spacial score (nSPS) is 20.9. The largest absolute Gasteiger partial charge is 0.396 e. The van der Waals surface area contributed by atoms with Crippen LogP contribution in [0.5, 0.6) is 0 Å². The summed E-state index contributed by atoms with van der Waals surface area (Å²) in [5.74, 6) is 0.745. The first-order valence-electron chi connectivity index (χ1n) is 3.37. The number of rotatable bonds is 0. The van der Waals surface area contributed by atoms with E-state index in [-0.39, 0.29) is 0 Å². The van der Waals surface area contributed by atoms with Crippen LogP contribution >= 0.6 is 0 Å². The number of hydrogen-bond acceptors (Lipinski definition) is 4. The summed E-state index contributed by atoms with van der Waals surface area (Å²) in [4.78, 5) is 1.90. The van der Waals surface area contributed by atoms with Gasteiger partial charge < -0.3 is 10.6 Å². The molecule has 0 fully saturated rings. The lowest BCUT2D eigenvalue weighted by Crippen LogP contribution is -2.13. The van der Waals surface area contributed by atoms with Crippen molar-refractivity contribution < 1.29 is 0 Å². The molecule has 0 aromatic carbocycles. The highest BCUT2D eigenvalue weighted by Gasteiger charge is 2.14. The Balaban J connectivity index is 2.45. The highest BCUT2D eigenvalue weighted by atomic mass is 15.4. The first-order valence-corrected chi connectivity index (χ1v) is 3.37. The van der Waals surface area contributed by atoms with E-state index in [4.69, 9.17) is 5.73 Å². The molecule has 2 aliphatic rings. The monoisotopic (exact) mass is 148 g/mol. The second-order valence-electron chi connectivity index (χ2n) is 2.33. The van der Waals surface area contributed by atoms with Gasteiger partial charge in [0.05, 0.1) is 5.70 Å². The van der Waals surface area contributed by atoms with E-state index < -0.39 is 0 Å². The first-order chi connectivity index (χ1) is 5.38. The molecule has 0 bridgehead atoms. The standard InChI is InChI=1S/C7H8N4/c8-6-3-1-2-4-11-5-9-10-7(6)11/h1-4H,5,8H2. The van der Waals surface area contributed by atoms with E-state index in [1.54, 1.807) is 0 Å². The lowest BCUT2D eigenvalue weighted by Gasteiger charge is -2.09. The zero-order valence-electron chi connectivity index (χ0n) is 5.94. The predicted octanol–water partition coefficient (Wildman–Crippen LogP) is 0.923. The minimum atomic E-state index is 0.578. The van der Waals surface area contributed by atoms with Gasteiger partial charge in [-0.05, 0) is 12.2 Å². The molecule has 0 aliphatic carbocycles. The number of azo groups is 1. The Morgan fingerprint density at radius 2 is 2.36 bits per heavy atom. The molecule has 11 heavy (non-hydrogen) atoms. The summed E-state index contributed by atoms with van der Waals surface area (Å²) in [6.45, 7) is 0.578. The molecule has 0 saturated carbocycles. The summed E-state index contributed by atoms with van der Waals surface area (Å²) in [6, 6.07) is 0. The maximum absolute atomic E-state index is 5.68. The molecule has 4 nitrogen and oxygen atoms in total. The molecule has 0 aromatic rings. The van der Waals surface area contributed by atoms with Crippen LogP contribution in [0.15, 0.2) is 46.2 Å². The summed E-state index contributed by atoms with van der Waals surface area (Å²) in [5, 5.41) is 7.75. The van der Waals surface area contributed by atoms with Crippen LogP contribution in [0.4, 0.5) is 0 Å². The van der Waals surface area contributed by atoms with Gasteiger partial charge in [0.2, 0.25) is 0 Å². The Bertz CT molecular complexity index is 285. The van der Waals surface area contributed by atoms with Gasteiger partial charge in [0, 0.05) is 6.20 Å². The van der Waals surface area contributed by atoms with Gasteiger partial charge in [-0.15, -0.1) is 5.11 Å². The van der Waals surface area contributed by atoms with Crippen molar-refractivity contribution in [1.29, 1.82) is 0 Å². The van der Waals surface area contributed by atoms with Crippen LogP contribution in [0.1, 0.15) is 0 Å². The number of nitrogens with zero attached hydrogens (tertiary/aromatic N) is 3. The quantitative estimate of drug-likeness (QED) is 0.555. The van der Waals surface area contributed by atoms with E-state index in [1.165, 1.54) is 0 Å². The number of nitrogens with two attached hydrogens (primary N) is 1. The molecule has 0 aromatic heterocycles. The van der Waals surface area contributed by atoms with Gasteiger partial charge in [0.1, 0.15) is 6.67 Å². The third-order valence-corrected chi connectivity index (χ3v) is 1.56. The molecule has 0 saturated heterocycles. The van der Waals surface area contributed by atoms with Crippen molar-refractivity contribution in [3.63, 3.8) is 0 Å². The van der Waals surface area contributed by atoms with Crippen LogP contribution in [-0.4, -0.2) is 11.6 Å². The Morgan fingerprint density at radius 1 is 1.45 bits per heavy atom. The van der Waals surface area contributed by atoms with Crippen molar-refractivity contribution in [3.8, 4) is 0 Å². The van der Waals surface area contributed by atoms with Crippen LogP contribution in [0, 0.1) is 0 Å². The summed E-state index contributed by atoms with van der Waals surface area (Å²) >= 11 is 0. The first kappa shape index (κ1) is 6.15. The minimum absolute atomic E-state index is 0.578. The third kappa shape index (κ3) is 0.920. The van der Waals surface area contributed by atoms with Gasteiger partial charge in [0.15, 0.2) is 5.82 Å². The summed E-state index contributed by atoms with van der Waals surface area (Å²) in [7, 11) is 0. The van der Waals surface area contributed by atoms with Gasteiger partial charge >= 0.3 is 0 Å². The van der Waals surface area contributed by atoms with Crippen molar-refractivity contribution in [2.24, 2.45) is 16.0 Å². The van der Waals surface area contributed by atoms with Crippen LogP contribution < -0.4 is 5.73 Å². The lowest BCUT2D eigenvalue weighted by atomic mass is 10.4. The highest BCUT2D eigenvalue weighted by molar-refractivity contribution is 5.28. The molecule has 56 valence electrons. The van der Waals surface area contributed by atoms with E-state index in [9.17, 15) is 0 Å². The molecule has 0 amide bonds. The fourth-order valence-corrected chi connectivity index (χ4v) is 1.02. The molecule has 0 unspecified atom stereocenters. The summed E-state index contributed by atoms with van der Waals surface area (Å²) < 4.78 is 0. The molecular weight excluding hydrogens is 140 g/mol. The van der Waals surface area contributed by atoms with Crippen molar-refractivity contribution >= 4 is 0 Å². The molecule has 0 radical (unpaired) electrons. The molecule has 0 atom stereocenters. The average molecular weight is 148 g/mol. The fraction of sp³-hybridized carbons (Fsp3) is 0.143. The molecular formula is C7H8N4. The molecule has 2 N–H and O–H groups in total. The van der Waals surface area contributed by atoms with Gasteiger partial charge in [-0.1, -0.05) is 6.08 Å². The SMILES string of the molecule is NC1=C2N=NCN2C=CC=C1. The molecule has 4 heteroatoms. The topological polar surface area (TPSA) is 54.0 Å². The van der Waals surface area contributed by atoms with E-state index in [2.05, 4.69) is 10.2 Å². The van der Waals surface area contributed by atoms with Crippen molar-refractivity contribution in [1.82, 2.24) is 4.90 Å². The van der Waals surface area contributed by atoms with Crippen molar-refractivity contribution in [2.75, 3.05) is 6.67 Å². The highest BCUT2D eigenvalue weighted by Crippen LogP contribution is 2.18. The Labute approximate surface area is 64.4 Å². The van der Waals surface area contributed by atoms with E-state index >= 15 is 0 Å². The van der Waals surface area contributed by atoms with Crippen molar-refractivity contribution in [2.45, 2.75) is 0 Å². The summed E-state index contributed by atoms with van der Waals surface area (Å²) in [5.41, 5.74) is 6.34. The predicted molar refractivity (Wildman–Crippen MR) is 41.1 cm³/mol. The van der Waals surface area contributed by atoms with E-state index in [0.717, 1.165) is 5.82 Å². The minimum Gasteiger partial charge on any atom is -0.396 e. The van der Waals surface area contributed by atoms with Gasteiger partial charge in [-0.2, -0.15) is 5.11 Å². The van der Waals surface area contributed by atoms with Gasteiger partial charge in [-0.25, -0.2) is 0 Å². The maximum atomic E-state index is 5.68. The van der Waals surface area contributed by atoms with Crippen molar-refractivity contribution in [3.05, 3.63) is 35.9 Å². The molecule has 2 rings (SSSR count). The van der Waals surface area contributed by atoms with Crippen LogP contribution in [0.2, 0.25) is 0 Å². The van der Waals surface area contributed by atoms with Crippen LogP contribution in [0.3, 0.4) is 0 Å². The fourth-order valence-electron chi connectivity index (χ4n) is 1.02. The third-order valence-electron chi connectivity index (χ3n) is 1.56.